The summed E-state index contributed by atoms with van der Waals surface area (Å²) in [5.74, 6) is 0. The van der Waals surface area contributed by atoms with Crippen molar-refractivity contribution in [1.29, 1.82) is 0 Å². The van der Waals surface area contributed by atoms with Crippen molar-refractivity contribution >= 4 is 44.4 Å². The molecule has 0 spiro atoms. The number of nitrogens with two attached hydrogens (primary N) is 1. The lowest BCUT2D eigenvalue weighted by molar-refractivity contribution is 0.570. The van der Waals surface area contributed by atoms with E-state index in [2.05, 4.69) is 34.7 Å². The zero-order valence-corrected chi connectivity index (χ0v) is 9.90. The van der Waals surface area contributed by atoms with Crippen LogP contribution in [0.2, 0.25) is 0 Å². The Morgan fingerprint density at radius 3 is 1.69 bits per heavy atom. The minimum absolute atomic E-state index is 0. The molecule has 0 aromatic carbocycles. The van der Waals surface area contributed by atoms with Gasteiger partial charge in [-0.05, 0) is 33.3 Å². The number of nitrogens with one attached hydrogen (secondary N) is 1. The highest BCUT2D eigenvalue weighted by Gasteiger charge is 1.60. The van der Waals surface area contributed by atoms with Crippen molar-refractivity contribution in [2.24, 2.45) is 5.73 Å². The second kappa shape index (κ2) is 53.9. The second-order valence-corrected chi connectivity index (χ2v) is 3.25. The van der Waals surface area contributed by atoms with Gasteiger partial charge >= 0.3 is 0 Å². The van der Waals surface area contributed by atoms with Crippen molar-refractivity contribution in [3.8, 4) is 0 Å². The Balaban J connectivity index is -0.0000000246. The van der Waals surface area contributed by atoms with Crippen molar-refractivity contribution in [1.82, 2.24) is 5.32 Å². The van der Waals surface area contributed by atoms with E-state index >= 15 is 0 Å². The summed E-state index contributed by atoms with van der Waals surface area (Å²) in [5.41, 5.74) is 4.50. The molecule has 13 heavy (non-hydrogen) atoms. The van der Waals surface area contributed by atoms with Crippen LogP contribution >= 0.6 is 14.7 Å². The van der Waals surface area contributed by atoms with Crippen LogP contribution in [-0.4, -0.2) is 26.4 Å². The minimum Gasteiger partial charge on any atom is -0.333 e. The highest BCUT2D eigenvalue weighted by atomic mass is 32.4. The number of hydrogen-bond donors (Lipinski definition) is 2. The van der Waals surface area contributed by atoms with E-state index in [1.807, 2.05) is 7.05 Å². The third-order valence-corrected chi connectivity index (χ3v) is 1.44. The van der Waals surface area contributed by atoms with E-state index < -0.39 is 0 Å². The smallest absolute Gasteiger partial charge is 0.180 e. The molecule has 3 nitrogen and oxygen atoms in total. The maximum Gasteiger partial charge on any atom is 0.180 e. The Hall–Kier alpha value is 0.630. The fraction of sp³-hybridized carbons (Fsp3) is 0.833. The number of hydrogen-bond acceptors (Lipinski definition) is 5. The van der Waals surface area contributed by atoms with Crippen LogP contribution < -0.4 is 11.1 Å². The second-order valence-electron chi connectivity index (χ2n) is 0.852. The molecule has 0 aliphatic heterocycles. The Bertz CT molecular complexity index is 90.7. The average molecular weight is 262 g/mol. The molecule has 0 aliphatic carbocycles. The summed E-state index contributed by atoms with van der Waals surface area (Å²) in [6.45, 7) is 0. The summed E-state index contributed by atoms with van der Waals surface area (Å²) in [6, 6.07) is 0.662. The monoisotopic (exact) mass is 262 g/mol. The number of rotatable bonds is 3. The van der Waals surface area contributed by atoms with Gasteiger partial charge in [-0.3, -0.25) is 4.79 Å². The fourth-order valence-electron chi connectivity index (χ4n) is 0.0645. The molecule has 0 aromatic heterocycles. The van der Waals surface area contributed by atoms with E-state index in [1.54, 1.807) is 0 Å². The number of carbonyl (C=O) groups excluding carboxylic acids is 1. The van der Waals surface area contributed by atoms with Gasteiger partial charge in [0.15, 0.2) is 6.03 Å². The lowest BCUT2D eigenvalue weighted by Crippen LogP contribution is -1.99. The van der Waals surface area contributed by atoms with Gasteiger partial charge in [-0.25, -0.2) is 0 Å². The van der Waals surface area contributed by atoms with Gasteiger partial charge in [0, 0.05) is 13.6 Å². The first-order valence-electron chi connectivity index (χ1n) is 2.61. The van der Waals surface area contributed by atoms with E-state index in [4.69, 9.17) is 4.79 Å². The molecular weight excluding hydrogens is 242 g/mol. The molecule has 82 valence electrons. The van der Waals surface area contributed by atoms with Gasteiger partial charge in [-0.2, -0.15) is 0 Å². The van der Waals surface area contributed by atoms with Gasteiger partial charge in [0.1, 0.15) is 0 Å². The van der Waals surface area contributed by atoms with Crippen LogP contribution in [0.15, 0.2) is 0 Å². The van der Waals surface area contributed by atoms with Crippen molar-refractivity contribution < 1.29 is 4.79 Å². The average Bonchev–Trinajstić information content (AvgIpc) is 2.10. The minimum atomic E-state index is 0. The van der Waals surface area contributed by atoms with Crippen LogP contribution in [0.25, 0.3) is 0 Å². The third-order valence-electron chi connectivity index (χ3n) is 0.266. The first-order valence-corrected chi connectivity index (χ1v) is 6.68. The summed E-state index contributed by atoms with van der Waals surface area (Å²) < 4.78 is 0. The molecule has 0 bridgehead atoms. The molecule has 7 heteroatoms. The molecule has 0 unspecified atom stereocenters. The van der Waals surface area contributed by atoms with Gasteiger partial charge in [-0.1, -0.05) is 26.7 Å². The van der Waals surface area contributed by atoms with Crippen LogP contribution in [-0.2, 0) is 28.4 Å². The van der Waals surface area contributed by atoms with E-state index in [-0.39, 0.29) is 14.9 Å². The highest BCUT2D eigenvalue weighted by molar-refractivity contribution is 8.02. The van der Waals surface area contributed by atoms with E-state index in [9.17, 15) is 0 Å². The predicted octanol–water partition coefficient (Wildman–Crippen LogP) is 2.00. The van der Waals surface area contributed by atoms with Gasteiger partial charge in [0.2, 0.25) is 0 Å². The predicted molar refractivity (Wildman–Crippen MR) is 72.8 cm³/mol. The Morgan fingerprint density at radius 2 is 1.69 bits per heavy atom. The molecule has 0 heterocycles. The van der Waals surface area contributed by atoms with Gasteiger partial charge in [-0.15, -0.1) is 0 Å². The molecule has 0 saturated carbocycles. The van der Waals surface area contributed by atoms with Crippen LogP contribution in [0.5, 0.6) is 0 Å². The van der Waals surface area contributed by atoms with E-state index in [0.29, 0.717) is 13.4 Å². The summed E-state index contributed by atoms with van der Waals surface area (Å²) >= 11 is 8.72. The van der Waals surface area contributed by atoms with E-state index in [0.717, 1.165) is 13.6 Å². The number of carbonyl (C=O) groups is 1. The Kier molecular flexibility index (Phi) is 121. The van der Waals surface area contributed by atoms with Gasteiger partial charge < -0.3 is 11.1 Å². The molecule has 0 fully saturated rings. The zero-order valence-electron chi connectivity index (χ0n) is 6.48. The quantitative estimate of drug-likeness (QED) is 0.602. The molecule has 0 radical (unpaired) electrons. The first kappa shape index (κ1) is 29.2. The molecule has 0 atom stereocenters. The van der Waals surface area contributed by atoms with Crippen molar-refractivity contribution in [3.05, 3.63) is 0 Å². The molecule has 0 saturated heterocycles. The van der Waals surface area contributed by atoms with Crippen LogP contribution in [0.4, 0.5) is 0 Å². The largest absolute Gasteiger partial charge is 0.333 e. The molecule has 0 amide bonds. The van der Waals surface area contributed by atoms with Crippen LogP contribution in [0.1, 0.15) is 14.9 Å². The summed E-state index contributed by atoms with van der Waals surface area (Å²) in [7, 11) is 4.79. The van der Waals surface area contributed by atoms with Crippen molar-refractivity contribution in [3.63, 3.8) is 0 Å². The van der Waals surface area contributed by atoms with E-state index in [1.165, 1.54) is 7.05 Å². The highest BCUT2D eigenvalue weighted by Crippen LogP contribution is 1.80. The summed E-state index contributed by atoms with van der Waals surface area (Å²) in [5, 5.41) is 2.90. The molecule has 3 N–H and O–H groups in total. The van der Waals surface area contributed by atoms with Crippen molar-refractivity contribution in [2.75, 3.05) is 20.4 Å². The normalized spacial score (nSPS) is 6.08. The Morgan fingerprint density at radius 1 is 1.38 bits per heavy atom. The fourth-order valence-corrected chi connectivity index (χ4v) is 0.581. The first-order chi connectivity index (χ1) is 5.33. The molecular formula is C6H20N2OP2S2. The lowest BCUT2D eigenvalue weighted by Gasteiger charge is -1.77. The van der Waals surface area contributed by atoms with Gasteiger partial charge in [0.25, 0.3) is 0 Å². The lowest BCUT2D eigenvalue weighted by atomic mass is 11.3. The molecule has 0 aromatic rings. The Labute approximate surface area is 95.5 Å². The van der Waals surface area contributed by atoms with Crippen LogP contribution in [0.3, 0.4) is 0 Å². The summed E-state index contributed by atoms with van der Waals surface area (Å²) in [6.07, 6.45) is 0.926. The molecule has 0 aliphatic rings. The standard InChI is InChI=1S/C2H6NPS.CH5N.CHOPS.2CH4/c1-3-2-4-5;1-2;2-1-3-4;;/h3H,2H2,1H3;2H2,1H3;1H;2*1H4. The van der Waals surface area contributed by atoms with Crippen LogP contribution in [0, 0.1) is 0 Å². The topological polar surface area (TPSA) is 55.1 Å². The van der Waals surface area contributed by atoms with Crippen molar-refractivity contribution in [2.45, 2.75) is 14.9 Å². The maximum absolute atomic E-state index is 9.06. The zero-order chi connectivity index (χ0) is 9.54. The third kappa shape index (κ3) is 108. The summed E-state index contributed by atoms with van der Waals surface area (Å²) in [4.78, 5) is 9.06. The SMILES string of the molecule is C.C.CN.CNCP=S.O=CP=S. The molecule has 0 rings (SSSR count). The maximum atomic E-state index is 9.06. The van der Waals surface area contributed by atoms with Gasteiger partial charge in [0.05, 0.1) is 0 Å².